The molecule has 0 radical (unpaired) electrons. The minimum absolute atomic E-state index is 0.0592. The zero-order valence-electron chi connectivity index (χ0n) is 13.9. The molecule has 2 aromatic rings. The highest BCUT2D eigenvalue weighted by molar-refractivity contribution is 7.14. The molecular formula is C17H23N3O2S2. The van der Waals surface area contributed by atoms with E-state index in [1.807, 2.05) is 27.8 Å². The number of nitrogens with zero attached hydrogens (tertiary/aromatic N) is 3. The summed E-state index contributed by atoms with van der Waals surface area (Å²) in [6.07, 6.45) is 1.84. The van der Waals surface area contributed by atoms with E-state index in [1.54, 1.807) is 11.3 Å². The molecule has 0 unspecified atom stereocenters. The van der Waals surface area contributed by atoms with Gasteiger partial charge in [-0.2, -0.15) is 0 Å². The molecule has 0 N–H and O–H groups in total. The summed E-state index contributed by atoms with van der Waals surface area (Å²) in [5.74, 6) is 0.0592. The van der Waals surface area contributed by atoms with Crippen LogP contribution in [0.3, 0.4) is 0 Å². The van der Waals surface area contributed by atoms with Crippen LogP contribution >= 0.6 is 22.7 Å². The zero-order chi connectivity index (χ0) is 16.8. The van der Waals surface area contributed by atoms with Crippen LogP contribution in [-0.2, 0) is 11.2 Å². The van der Waals surface area contributed by atoms with Crippen molar-refractivity contribution in [3.8, 4) is 0 Å². The molecule has 1 fully saturated rings. The molecule has 2 aromatic heterocycles. The maximum Gasteiger partial charge on any atom is 0.270 e. The first kappa shape index (κ1) is 17.5. The normalized spacial score (nSPS) is 15.5. The third-order valence-electron chi connectivity index (χ3n) is 4.07. The lowest BCUT2D eigenvalue weighted by atomic mass is 10.3. The Hall–Kier alpha value is -1.28. The van der Waals surface area contributed by atoms with E-state index in [1.165, 1.54) is 11.3 Å². The van der Waals surface area contributed by atoms with Crippen LogP contribution in [0.4, 0.5) is 5.13 Å². The molecule has 0 saturated carbocycles. The van der Waals surface area contributed by atoms with Crippen molar-refractivity contribution < 1.29 is 9.53 Å². The molecule has 3 rings (SSSR count). The third kappa shape index (κ3) is 4.42. The summed E-state index contributed by atoms with van der Waals surface area (Å²) in [4.78, 5) is 22.5. The van der Waals surface area contributed by atoms with Gasteiger partial charge in [-0.1, -0.05) is 13.0 Å². The van der Waals surface area contributed by atoms with E-state index in [-0.39, 0.29) is 5.91 Å². The SMILES string of the molecule is CCc1csc(N(CCCN2CCOCC2)C(=O)c2cccs2)n1. The number of aryl methyl sites for hydroxylation is 1. The summed E-state index contributed by atoms with van der Waals surface area (Å²) in [7, 11) is 0. The molecule has 1 aliphatic heterocycles. The van der Waals surface area contributed by atoms with E-state index in [2.05, 4.69) is 16.8 Å². The number of hydrogen-bond donors (Lipinski definition) is 0. The number of thiophene rings is 1. The van der Waals surface area contributed by atoms with Crippen LogP contribution in [0.25, 0.3) is 0 Å². The molecule has 1 aliphatic rings. The summed E-state index contributed by atoms with van der Waals surface area (Å²) < 4.78 is 5.39. The van der Waals surface area contributed by atoms with Gasteiger partial charge in [0.2, 0.25) is 0 Å². The molecule has 3 heterocycles. The number of carbonyl (C=O) groups is 1. The van der Waals surface area contributed by atoms with Crippen LogP contribution in [0, 0.1) is 0 Å². The van der Waals surface area contributed by atoms with Gasteiger partial charge in [0, 0.05) is 31.6 Å². The van der Waals surface area contributed by atoms with E-state index in [0.717, 1.165) is 61.4 Å². The molecule has 1 saturated heterocycles. The minimum Gasteiger partial charge on any atom is -0.379 e. The summed E-state index contributed by atoms with van der Waals surface area (Å²) in [6, 6.07) is 3.81. The number of morpholine rings is 1. The zero-order valence-corrected chi connectivity index (χ0v) is 15.6. The first-order valence-electron chi connectivity index (χ1n) is 8.38. The largest absolute Gasteiger partial charge is 0.379 e. The Labute approximate surface area is 150 Å². The topological polar surface area (TPSA) is 45.7 Å². The molecule has 24 heavy (non-hydrogen) atoms. The Morgan fingerprint density at radius 1 is 1.38 bits per heavy atom. The Bertz CT molecular complexity index is 636. The molecule has 0 atom stereocenters. The number of ether oxygens (including phenoxy) is 1. The van der Waals surface area contributed by atoms with Crippen LogP contribution in [-0.4, -0.2) is 55.2 Å². The van der Waals surface area contributed by atoms with Gasteiger partial charge in [-0.3, -0.25) is 14.6 Å². The number of anilines is 1. The van der Waals surface area contributed by atoms with Crippen LogP contribution in [0.2, 0.25) is 0 Å². The first-order valence-corrected chi connectivity index (χ1v) is 10.1. The highest BCUT2D eigenvalue weighted by Crippen LogP contribution is 2.24. The van der Waals surface area contributed by atoms with Gasteiger partial charge in [0.05, 0.1) is 23.8 Å². The van der Waals surface area contributed by atoms with Gasteiger partial charge in [0.15, 0.2) is 5.13 Å². The van der Waals surface area contributed by atoms with Crippen molar-refractivity contribution in [3.05, 3.63) is 33.5 Å². The summed E-state index contributed by atoms with van der Waals surface area (Å²) in [5, 5.41) is 4.80. The molecule has 5 nitrogen and oxygen atoms in total. The molecular weight excluding hydrogens is 342 g/mol. The van der Waals surface area contributed by atoms with Crippen molar-refractivity contribution in [1.82, 2.24) is 9.88 Å². The van der Waals surface area contributed by atoms with Crippen molar-refractivity contribution in [2.24, 2.45) is 0 Å². The van der Waals surface area contributed by atoms with Gasteiger partial charge in [-0.05, 0) is 24.3 Å². The third-order valence-corrected chi connectivity index (χ3v) is 5.84. The Morgan fingerprint density at radius 3 is 2.88 bits per heavy atom. The van der Waals surface area contributed by atoms with Crippen LogP contribution < -0.4 is 4.90 Å². The smallest absolute Gasteiger partial charge is 0.270 e. The maximum atomic E-state index is 12.9. The van der Waals surface area contributed by atoms with Crippen LogP contribution in [0.1, 0.15) is 28.7 Å². The molecule has 0 aromatic carbocycles. The standard InChI is InChI=1S/C17H23N3O2S2/c1-2-14-13-24-17(18-14)20(16(21)15-5-3-12-23-15)7-4-6-19-8-10-22-11-9-19/h3,5,12-13H,2,4,6-11H2,1H3. The van der Waals surface area contributed by atoms with E-state index in [0.29, 0.717) is 6.54 Å². The maximum absolute atomic E-state index is 12.9. The second-order valence-electron chi connectivity index (χ2n) is 5.72. The lowest BCUT2D eigenvalue weighted by Gasteiger charge is -2.27. The Kier molecular flexibility index (Phi) is 6.37. The van der Waals surface area contributed by atoms with Gasteiger partial charge in [0.25, 0.3) is 5.91 Å². The van der Waals surface area contributed by atoms with E-state index in [9.17, 15) is 4.79 Å². The molecule has 0 spiro atoms. The van der Waals surface area contributed by atoms with E-state index < -0.39 is 0 Å². The minimum atomic E-state index is 0.0592. The lowest BCUT2D eigenvalue weighted by molar-refractivity contribution is 0.0376. The van der Waals surface area contributed by atoms with Gasteiger partial charge in [0.1, 0.15) is 0 Å². The highest BCUT2D eigenvalue weighted by Gasteiger charge is 2.21. The Balaban J connectivity index is 1.66. The number of aromatic nitrogens is 1. The fourth-order valence-electron chi connectivity index (χ4n) is 2.68. The molecule has 0 bridgehead atoms. The highest BCUT2D eigenvalue weighted by atomic mass is 32.1. The monoisotopic (exact) mass is 365 g/mol. The van der Waals surface area contributed by atoms with Crippen molar-refractivity contribution in [2.45, 2.75) is 19.8 Å². The fraction of sp³-hybridized carbons (Fsp3) is 0.529. The fourth-order valence-corrected chi connectivity index (χ4v) is 4.28. The number of rotatable bonds is 7. The van der Waals surface area contributed by atoms with Gasteiger partial charge in [-0.15, -0.1) is 22.7 Å². The molecule has 130 valence electrons. The first-order chi connectivity index (χ1) is 11.8. The van der Waals surface area contributed by atoms with Crippen molar-refractivity contribution in [2.75, 3.05) is 44.3 Å². The number of hydrogen-bond acceptors (Lipinski definition) is 6. The molecule has 1 amide bonds. The van der Waals surface area contributed by atoms with Gasteiger partial charge >= 0.3 is 0 Å². The van der Waals surface area contributed by atoms with Crippen molar-refractivity contribution in [3.63, 3.8) is 0 Å². The van der Waals surface area contributed by atoms with Crippen LogP contribution in [0.5, 0.6) is 0 Å². The predicted molar refractivity (Wildman–Crippen MR) is 99.4 cm³/mol. The number of amides is 1. The predicted octanol–water partition coefficient (Wildman–Crippen LogP) is 3.14. The molecule has 0 aliphatic carbocycles. The summed E-state index contributed by atoms with van der Waals surface area (Å²) in [5.41, 5.74) is 1.05. The second-order valence-corrected chi connectivity index (χ2v) is 7.50. The summed E-state index contributed by atoms with van der Waals surface area (Å²) in [6.45, 7) is 7.36. The quantitative estimate of drug-likeness (QED) is 0.756. The van der Waals surface area contributed by atoms with Crippen LogP contribution in [0.15, 0.2) is 22.9 Å². The van der Waals surface area contributed by atoms with Crippen molar-refractivity contribution in [1.29, 1.82) is 0 Å². The van der Waals surface area contributed by atoms with Gasteiger partial charge in [-0.25, -0.2) is 4.98 Å². The lowest BCUT2D eigenvalue weighted by Crippen LogP contribution is -2.39. The Morgan fingerprint density at radius 2 is 2.21 bits per heavy atom. The number of thiazole rings is 1. The van der Waals surface area contributed by atoms with E-state index in [4.69, 9.17) is 4.74 Å². The molecule has 7 heteroatoms. The van der Waals surface area contributed by atoms with Crippen molar-refractivity contribution >= 4 is 33.7 Å². The number of carbonyl (C=O) groups excluding carboxylic acids is 1. The summed E-state index contributed by atoms with van der Waals surface area (Å²) >= 11 is 3.05. The van der Waals surface area contributed by atoms with E-state index >= 15 is 0 Å². The average molecular weight is 366 g/mol. The second kappa shape index (κ2) is 8.71. The van der Waals surface area contributed by atoms with Gasteiger partial charge < -0.3 is 4.74 Å². The average Bonchev–Trinajstić information content (AvgIpc) is 3.30.